The second-order valence-electron chi connectivity index (χ2n) is 3.33. The molecule has 0 bridgehead atoms. The van der Waals surface area contributed by atoms with E-state index in [1.165, 1.54) is 11.1 Å². The number of hydrazine groups is 1. The Morgan fingerprint density at radius 3 is 2.36 bits per heavy atom. The van der Waals surface area contributed by atoms with Gasteiger partial charge in [-0.2, -0.15) is 0 Å². The van der Waals surface area contributed by atoms with Gasteiger partial charge in [-0.3, -0.25) is 0 Å². The smallest absolute Gasteiger partial charge is 0.133 e. The SMILES string of the molecule is Cc1cc(F)c(C(=S)N(C)N)cc1C. The van der Waals surface area contributed by atoms with Gasteiger partial charge in [0.05, 0.1) is 0 Å². The maximum Gasteiger partial charge on any atom is 0.133 e. The van der Waals surface area contributed by atoms with Gasteiger partial charge in [0.1, 0.15) is 10.8 Å². The van der Waals surface area contributed by atoms with E-state index in [1.807, 2.05) is 13.8 Å². The number of nitrogens with two attached hydrogens (primary N) is 1. The fraction of sp³-hybridized carbons (Fsp3) is 0.300. The molecular weight excluding hydrogens is 199 g/mol. The van der Waals surface area contributed by atoms with E-state index in [4.69, 9.17) is 18.1 Å². The summed E-state index contributed by atoms with van der Waals surface area (Å²) in [5.74, 6) is 5.13. The lowest BCUT2D eigenvalue weighted by Crippen LogP contribution is -2.33. The lowest BCUT2D eigenvalue weighted by Gasteiger charge is -2.15. The van der Waals surface area contributed by atoms with E-state index in [2.05, 4.69) is 0 Å². The first kappa shape index (κ1) is 11.1. The van der Waals surface area contributed by atoms with Crippen molar-refractivity contribution in [1.29, 1.82) is 0 Å². The summed E-state index contributed by atoms with van der Waals surface area (Å²) in [6, 6.07) is 3.19. The second-order valence-corrected chi connectivity index (χ2v) is 3.72. The molecule has 0 amide bonds. The van der Waals surface area contributed by atoms with E-state index in [1.54, 1.807) is 13.1 Å². The van der Waals surface area contributed by atoms with Gasteiger partial charge >= 0.3 is 0 Å². The van der Waals surface area contributed by atoms with Crippen LogP contribution in [0.4, 0.5) is 4.39 Å². The van der Waals surface area contributed by atoms with Gasteiger partial charge in [0, 0.05) is 12.6 Å². The molecule has 0 saturated carbocycles. The molecule has 0 aliphatic rings. The molecule has 1 rings (SSSR count). The molecule has 1 aromatic carbocycles. The van der Waals surface area contributed by atoms with Crippen LogP contribution in [0.1, 0.15) is 16.7 Å². The van der Waals surface area contributed by atoms with Crippen LogP contribution < -0.4 is 5.84 Å². The molecule has 0 atom stereocenters. The van der Waals surface area contributed by atoms with Crippen LogP contribution in [0, 0.1) is 19.7 Å². The number of nitrogens with zero attached hydrogens (tertiary/aromatic N) is 1. The number of hydrogen-bond donors (Lipinski definition) is 1. The first-order valence-electron chi connectivity index (χ1n) is 4.23. The summed E-state index contributed by atoms with van der Waals surface area (Å²) in [6.07, 6.45) is 0. The molecule has 2 N–H and O–H groups in total. The van der Waals surface area contributed by atoms with Crippen molar-refractivity contribution < 1.29 is 4.39 Å². The van der Waals surface area contributed by atoms with Crippen molar-refractivity contribution in [2.75, 3.05) is 7.05 Å². The van der Waals surface area contributed by atoms with Crippen LogP contribution in [0.25, 0.3) is 0 Å². The molecule has 0 spiro atoms. The molecule has 0 unspecified atom stereocenters. The highest BCUT2D eigenvalue weighted by Crippen LogP contribution is 2.15. The van der Waals surface area contributed by atoms with Crippen LogP contribution in [0.15, 0.2) is 12.1 Å². The highest BCUT2D eigenvalue weighted by molar-refractivity contribution is 7.80. The molecule has 0 aliphatic carbocycles. The van der Waals surface area contributed by atoms with Gasteiger partial charge in [-0.15, -0.1) is 0 Å². The minimum atomic E-state index is -0.324. The number of thiocarbonyl (C=S) groups is 1. The van der Waals surface area contributed by atoms with E-state index in [0.29, 0.717) is 10.6 Å². The van der Waals surface area contributed by atoms with Gasteiger partial charge in [-0.05, 0) is 37.1 Å². The van der Waals surface area contributed by atoms with Crippen LogP contribution in [0.3, 0.4) is 0 Å². The first-order valence-corrected chi connectivity index (χ1v) is 4.64. The predicted octanol–water partition coefficient (Wildman–Crippen LogP) is 1.92. The number of aryl methyl sites for hydroxylation is 2. The molecule has 2 nitrogen and oxygen atoms in total. The van der Waals surface area contributed by atoms with Crippen molar-refractivity contribution in [3.63, 3.8) is 0 Å². The Bertz CT molecular complexity index is 375. The zero-order valence-corrected chi connectivity index (χ0v) is 9.28. The van der Waals surface area contributed by atoms with Crippen LogP contribution in [0.5, 0.6) is 0 Å². The number of benzene rings is 1. The quantitative estimate of drug-likeness (QED) is 0.438. The number of rotatable bonds is 1. The van der Waals surface area contributed by atoms with Crippen LogP contribution in [-0.2, 0) is 0 Å². The zero-order valence-electron chi connectivity index (χ0n) is 8.47. The molecule has 0 aliphatic heterocycles. The summed E-state index contributed by atoms with van der Waals surface area (Å²) in [6.45, 7) is 3.77. The standard InChI is InChI=1S/C10H13FN2S/c1-6-4-8(10(14)13(3)12)9(11)5-7(6)2/h4-5H,12H2,1-3H3. The zero-order chi connectivity index (χ0) is 10.9. The van der Waals surface area contributed by atoms with Gasteiger partial charge < -0.3 is 5.01 Å². The van der Waals surface area contributed by atoms with Crippen molar-refractivity contribution >= 4 is 17.2 Å². The summed E-state index contributed by atoms with van der Waals surface area (Å²) >= 11 is 5.00. The van der Waals surface area contributed by atoms with Gasteiger partial charge in [-0.1, -0.05) is 12.2 Å². The van der Waals surface area contributed by atoms with Gasteiger partial charge in [-0.25, -0.2) is 10.2 Å². The lowest BCUT2D eigenvalue weighted by molar-refractivity contribution is 0.543. The highest BCUT2D eigenvalue weighted by atomic mass is 32.1. The summed E-state index contributed by atoms with van der Waals surface area (Å²) in [7, 11) is 1.59. The number of halogens is 1. The van der Waals surface area contributed by atoms with E-state index in [-0.39, 0.29) is 5.82 Å². The Morgan fingerprint density at radius 1 is 1.36 bits per heavy atom. The largest absolute Gasteiger partial charge is 0.304 e. The fourth-order valence-corrected chi connectivity index (χ4v) is 1.29. The monoisotopic (exact) mass is 212 g/mol. The Labute approximate surface area is 88.5 Å². The van der Waals surface area contributed by atoms with E-state index in [9.17, 15) is 4.39 Å². The molecule has 14 heavy (non-hydrogen) atoms. The first-order chi connectivity index (χ1) is 6.43. The molecule has 0 saturated heterocycles. The van der Waals surface area contributed by atoms with Gasteiger partial charge in [0.2, 0.25) is 0 Å². The molecule has 0 fully saturated rings. The third-order valence-corrected chi connectivity index (χ3v) is 2.64. The average molecular weight is 212 g/mol. The van der Waals surface area contributed by atoms with E-state index < -0.39 is 0 Å². The molecular formula is C10H13FN2S. The Morgan fingerprint density at radius 2 is 1.86 bits per heavy atom. The van der Waals surface area contributed by atoms with E-state index in [0.717, 1.165) is 11.1 Å². The van der Waals surface area contributed by atoms with Crippen LogP contribution >= 0.6 is 12.2 Å². The predicted molar refractivity (Wildman–Crippen MR) is 59.5 cm³/mol. The molecule has 1 aromatic rings. The van der Waals surface area contributed by atoms with Crippen molar-refractivity contribution in [3.8, 4) is 0 Å². The Hall–Kier alpha value is -1.00. The van der Waals surface area contributed by atoms with E-state index >= 15 is 0 Å². The second kappa shape index (κ2) is 4.02. The van der Waals surface area contributed by atoms with Crippen LogP contribution in [0.2, 0.25) is 0 Å². The summed E-state index contributed by atoms with van der Waals surface area (Å²) in [5.41, 5.74) is 2.30. The number of hydrogen-bond acceptors (Lipinski definition) is 2. The molecule has 0 aromatic heterocycles. The Kier molecular flexibility index (Phi) is 3.18. The summed E-state index contributed by atoms with van der Waals surface area (Å²) < 4.78 is 13.5. The topological polar surface area (TPSA) is 29.3 Å². The third-order valence-electron chi connectivity index (χ3n) is 2.13. The minimum absolute atomic E-state index is 0.311. The minimum Gasteiger partial charge on any atom is -0.304 e. The molecule has 76 valence electrons. The average Bonchev–Trinajstić information content (AvgIpc) is 2.10. The maximum atomic E-state index is 13.5. The normalized spacial score (nSPS) is 10.1. The van der Waals surface area contributed by atoms with Gasteiger partial charge in [0.15, 0.2) is 0 Å². The lowest BCUT2D eigenvalue weighted by atomic mass is 10.1. The van der Waals surface area contributed by atoms with Crippen molar-refractivity contribution in [2.45, 2.75) is 13.8 Å². The highest BCUT2D eigenvalue weighted by Gasteiger charge is 2.11. The molecule has 0 radical (unpaired) electrons. The third kappa shape index (κ3) is 2.08. The van der Waals surface area contributed by atoms with Crippen molar-refractivity contribution in [1.82, 2.24) is 5.01 Å². The Balaban J connectivity index is 3.22. The van der Waals surface area contributed by atoms with Crippen molar-refractivity contribution in [3.05, 3.63) is 34.6 Å². The molecule has 0 heterocycles. The maximum absolute atomic E-state index is 13.5. The summed E-state index contributed by atoms with van der Waals surface area (Å²) in [5, 5.41) is 1.24. The summed E-state index contributed by atoms with van der Waals surface area (Å²) in [4.78, 5) is 0.311. The molecule has 4 heteroatoms. The van der Waals surface area contributed by atoms with Crippen LogP contribution in [-0.4, -0.2) is 17.0 Å². The van der Waals surface area contributed by atoms with Crippen molar-refractivity contribution in [2.24, 2.45) is 5.84 Å². The fourth-order valence-electron chi connectivity index (χ4n) is 1.13. The van der Waals surface area contributed by atoms with Gasteiger partial charge in [0.25, 0.3) is 0 Å².